The molecule has 8 rings (SSSR count). The van der Waals surface area contributed by atoms with Crippen molar-refractivity contribution in [1.82, 2.24) is 0 Å². The van der Waals surface area contributed by atoms with Crippen LogP contribution in [0, 0.1) is 40.4 Å². The molecule has 0 aromatic rings. The second-order valence-electron chi connectivity index (χ2n) is 19.4. The van der Waals surface area contributed by atoms with Crippen molar-refractivity contribution in [2.24, 2.45) is 40.4 Å². The maximum absolute atomic E-state index is 12.6. The molecule has 320 valence electrons. The lowest BCUT2D eigenvalue weighted by atomic mass is 9.42. The number of aliphatic hydroxyl groups excluding tert-OH is 4. The van der Waals surface area contributed by atoms with E-state index in [4.69, 9.17) is 37.9 Å². The van der Waals surface area contributed by atoms with Gasteiger partial charge in [-0.3, -0.25) is 4.79 Å². The molecule has 4 saturated heterocycles. The van der Waals surface area contributed by atoms with Crippen molar-refractivity contribution in [3.63, 3.8) is 0 Å². The van der Waals surface area contributed by atoms with Crippen molar-refractivity contribution in [3.8, 4) is 0 Å². The fourth-order valence-electron chi connectivity index (χ4n) is 13.5. The van der Waals surface area contributed by atoms with E-state index in [1.807, 2.05) is 13.8 Å². The van der Waals surface area contributed by atoms with E-state index in [1.165, 1.54) is 7.11 Å². The zero-order chi connectivity index (χ0) is 39.9. The Hall–Kier alpha value is -1.01. The van der Waals surface area contributed by atoms with Gasteiger partial charge in [0.2, 0.25) is 0 Å². The number of ether oxygens (including phenoxy) is 8. The van der Waals surface area contributed by atoms with Gasteiger partial charge < -0.3 is 63.4 Å². The summed E-state index contributed by atoms with van der Waals surface area (Å²) in [5.74, 6) is 0.634. The van der Waals surface area contributed by atoms with Gasteiger partial charge in [-0.2, -0.15) is 0 Å². The highest BCUT2D eigenvalue weighted by atomic mass is 16.7. The minimum absolute atomic E-state index is 0.0311. The number of methoxy groups -OCH3 is 1. The van der Waals surface area contributed by atoms with Gasteiger partial charge in [-0.15, -0.1) is 0 Å². The number of fused-ring (bicyclic) bond motifs is 5. The first-order valence-electron chi connectivity index (χ1n) is 21.6. The largest absolute Gasteiger partial charge is 0.465 e. The Kier molecular flexibility index (Phi) is 11.8. The predicted octanol–water partition coefficient (Wildman–Crippen LogP) is 2.95. The van der Waals surface area contributed by atoms with Crippen molar-refractivity contribution < 1.29 is 68.2 Å². The third-order valence-corrected chi connectivity index (χ3v) is 16.6. The van der Waals surface area contributed by atoms with Crippen molar-refractivity contribution in [3.05, 3.63) is 0 Å². The summed E-state index contributed by atoms with van der Waals surface area (Å²) in [6.07, 6.45) is -0.926. The molecule has 5 N–H and O–H groups in total. The molecule has 0 amide bonds. The number of cyclic esters (lactones) is 1. The van der Waals surface area contributed by atoms with Crippen molar-refractivity contribution in [2.75, 3.05) is 13.7 Å². The highest BCUT2D eigenvalue weighted by Gasteiger charge is 2.71. The molecule has 4 aliphatic carbocycles. The third-order valence-electron chi connectivity index (χ3n) is 16.6. The summed E-state index contributed by atoms with van der Waals surface area (Å²) < 4.78 is 48.0. The van der Waals surface area contributed by atoms with Crippen LogP contribution in [0.3, 0.4) is 0 Å². The monoisotopic (exact) mass is 796 g/mol. The van der Waals surface area contributed by atoms with Crippen molar-refractivity contribution in [2.45, 2.75) is 203 Å². The van der Waals surface area contributed by atoms with Gasteiger partial charge in [-0.1, -0.05) is 13.8 Å². The predicted molar refractivity (Wildman–Crippen MR) is 197 cm³/mol. The average Bonchev–Trinajstić information content (AvgIpc) is 3.68. The summed E-state index contributed by atoms with van der Waals surface area (Å²) in [6.45, 7) is 10.3. The van der Waals surface area contributed by atoms with Crippen molar-refractivity contribution >= 4 is 5.97 Å². The van der Waals surface area contributed by atoms with Crippen LogP contribution in [0.2, 0.25) is 0 Å². The average molecular weight is 797 g/mol. The molecule has 0 radical (unpaired) electrons. The number of carbonyl (C=O) groups excluding carboxylic acids is 1. The molecule has 4 heterocycles. The molecular weight excluding hydrogens is 728 g/mol. The number of carbonyl (C=O) groups is 1. The van der Waals surface area contributed by atoms with E-state index in [9.17, 15) is 30.3 Å². The van der Waals surface area contributed by atoms with E-state index >= 15 is 0 Å². The molecule has 22 unspecified atom stereocenters. The first-order chi connectivity index (χ1) is 26.5. The van der Waals surface area contributed by atoms with Gasteiger partial charge in [0.05, 0.1) is 67.5 Å². The third kappa shape index (κ3) is 7.10. The Balaban J connectivity index is 0.829. The SMILES string of the molecule is COC1C(O)CC(OC2C(O)CC(OC3C(O)CC(OC4CCC5(C)C(CCC6C5CC(O)C5(C)C(C7COC(=O)C7)CCC65O)C4)OC3C)OC2C)OC1C. The lowest BCUT2D eigenvalue weighted by Crippen LogP contribution is -2.67. The maximum Gasteiger partial charge on any atom is 0.306 e. The number of hydrogen-bond donors (Lipinski definition) is 5. The van der Waals surface area contributed by atoms with Crippen molar-refractivity contribution in [1.29, 1.82) is 0 Å². The Labute approximate surface area is 331 Å². The normalized spacial score (nSPS) is 56.2. The number of esters is 1. The molecule has 0 bridgehead atoms. The van der Waals surface area contributed by atoms with Gasteiger partial charge >= 0.3 is 5.97 Å². The molecule has 22 atom stereocenters. The molecule has 0 aromatic carbocycles. The van der Waals surface area contributed by atoms with Crippen LogP contribution in [0.1, 0.15) is 112 Å². The number of hydrogen-bond acceptors (Lipinski definition) is 14. The Bertz CT molecular complexity index is 1370. The standard InChI is InChI=1S/C42H68O14/c1-20-37(49-6)29(43)16-35(51-20)55-39-22(3)53-36(18-31(39)45)56-38-21(2)52-34(17-30(38)44)54-25-9-11-40(4)24(14-25)7-8-27-28(40)15-32(46)41(5)26(10-12-42(27,41)48)23-13-33(47)50-19-23/h20-32,34-39,43-46,48H,7-19H2,1-6H3. The minimum atomic E-state index is -0.968. The topological polar surface area (TPSA) is 192 Å². The van der Waals surface area contributed by atoms with Gasteiger partial charge in [0.15, 0.2) is 18.9 Å². The molecule has 0 aromatic heterocycles. The highest BCUT2D eigenvalue weighted by Crippen LogP contribution is 2.70. The van der Waals surface area contributed by atoms with E-state index in [0.29, 0.717) is 31.8 Å². The summed E-state index contributed by atoms with van der Waals surface area (Å²) in [6, 6.07) is 0. The molecular formula is C42H68O14. The van der Waals surface area contributed by atoms with E-state index < -0.39 is 84.8 Å². The number of aliphatic hydroxyl groups is 5. The Morgan fingerprint density at radius 3 is 1.77 bits per heavy atom. The molecule has 14 heteroatoms. The second kappa shape index (κ2) is 15.8. The number of rotatable bonds is 8. The van der Waals surface area contributed by atoms with Crippen LogP contribution in [0.25, 0.3) is 0 Å². The molecule has 4 saturated carbocycles. The highest BCUT2D eigenvalue weighted by molar-refractivity contribution is 5.71. The fraction of sp³-hybridized carbons (Fsp3) is 0.976. The van der Waals surface area contributed by atoms with Gasteiger partial charge in [-0.25, -0.2) is 0 Å². The summed E-state index contributed by atoms with van der Waals surface area (Å²) in [4.78, 5) is 12.0. The lowest BCUT2D eigenvalue weighted by molar-refractivity contribution is -0.336. The Morgan fingerprint density at radius 2 is 1.23 bits per heavy atom. The first-order valence-corrected chi connectivity index (χ1v) is 21.6. The van der Waals surface area contributed by atoms with Crippen LogP contribution < -0.4 is 0 Å². The summed E-state index contributed by atoms with van der Waals surface area (Å²) in [7, 11) is 1.53. The van der Waals surface area contributed by atoms with Crippen LogP contribution in [-0.2, 0) is 42.7 Å². The van der Waals surface area contributed by atoms with Crippen LogP contribution in [-0.4, -0.2) is 137 Å². The fourth-order valence-corrected chi connectivity index (χ4v) is 13.5. The molecule has 0 spiro atoms. The van der Waals surface area contributed by atoms with Crippen LogP contribution >= 0.6 is 0 Å². The van der Waals surface area contributed by atoms with Crippen LogP contribution in [0.4, 0.5) is 0 Å². The van der Waals surface area contributed by atoms with Gasteiger partial charge in [0.1, 0.15) is 18.3 Å². The first kappa shape index (κ1) is 41.7. The quantitative estimate of drug-likeness (QED) is 0.178. The summed E-state index contributed by atoms with van der Waals surface area (Å²) in [5.41, 5.74) is -1.66. The molecule has 8 fully saturated rings. The van der Waals surface area contributed by atoms with Gasteiger partial charge in [0, 0.05) is 37.7 Å². The lowest BCUT2D eigenvalue weighted by Gasteiger charge is -2.65. The molecule has 14 nitrogen and oxygen atoms in total. The Morgan fingerprint density at radius 1 is 0.661 bits per heavy atom. The minimum Gasteiger partial charge on any atom is -0.465 e. The van der Waals surface area contributed by atoms with E-state index in [-0.39, 0.29) is 66.5 Å². The summed E-state index contributed by atoms with van der Waals surface area (Å²) >= 11 is 0. The van der Waals surface area contributed by atoms with Crippen LogP contribution in [0.5, 0.6) is 0 Å². The van der Waals surface area contributed by atoms with E-state index in [1.54, 1.807) is 6.92 Å². The van der Waals surface area contributed by atoms with E-state index in [0.717, 1.165) is 38.5 Å². The van der Waals surface area contributed by atoms with Gasteiger partial charge in [0.25, 0.3) is 0 Å². The molecule has 8 aliphatic rings. The smallest absolute Gasteiger partial charge is 0.306 e. The molecule has 4 aliphatic heterocycles. The second-order valence-corrected chi connectivity index (χ2v) is 19.4. The van der Waals surface area contributed by atoms with E-state index in [2.05, 4.69) is 13.8 Å². The summed E-state index contributed by atoms with van der Waals surface area (Å²) in [5, 5.41) is 57.4. The van der Waals surface area contributed by atoms with Crippen LogP contribution in [0.15, 0.2) is 0 Å². The molecule has 56 heavy (non-hydrogen) atoms. The van der Waals surface area contributed by atoms with Gasteiger partial charge in [-0.05, 0) is 101 Å². The zero-order valence-corrected chi connectivity index (χ0v) is 34.1. The maximum atomic E-state index is 12.6. The zero-order valence-electron chi connectivity index (χ0n) is 34.1.